The Hall–Kier alpha value is -0.730. The van der Waals surface area contributed by atoms with Crippen LogP contribution >= 0.6 is 0 Å². The summed E-state index contributed by atoms with van der Waals surface area (Å²) in [5.74, 6) is 0. The number of carbonyl (C=O) groups is 1. The van der Waals surface area contributed by atoms with E-state index in [-0.39, 0.29) is 6.03 Å². The van der Waals surface area contributed by atoms with E-state index in [0.29, 0.717) is 6.04 Å². The third kappa shape index (κ3) is 1.19. The summed E-state index contributed by atoms with van der Waals surface area (Å²) in [6, 6.07) is 0.707. The number of hydrogen-bond donors (Lipinski definition) is 1. The minimum Gasteiger partial charge on any atom is -0.338 e. The molecule has 2 rings (SSSR count). The Labute approximate surface area is 66.8 Å². The molecule has 3 heteroatoms. The van der Waals surface area contributed by atoms with Gasteiger partial charge in [0, 0.05) is 19.1 Å². The maximum atomic E-state index is 11.2. The van der Waals surface area contributed by atoms with Crippen LogP contribution in [0.2, 0.25) is 0 Å². The first-order chi connectivity index (χ1) is 5.38. The van der Waals surface area contributed by atoms with Gasteiger partial charge >= 0.3 is 6.03 Å². The fourth-order valence-electron chi connectivity index (χ4n) is 2.02. The van der Waals surface area contributed by atoms with E-state index < -0.39 is 0 Å². The van der Waals surface area contributed by atoms with Crippen LogP contribution in [0.15, 0.2) is 0 Å². The Morgan fingerprint density at radius 2 is 2.27 bits per heavy atom. The summed E-state index contributed by atoms with van der Waals surface area (Å²) < 4.78 is 0. The first-order valence-corrected chi connectivity index (χ1v) is 4.42. The van der Waals surface area contributed by atoms with Gasteiger partial charge in [0.2, 0.25) is 0 Å². The molecule has 1 unspecified atom stereocenters. The molecule has 0 aromatic carbocycles. The van der Waals surface area contributed by atoms with E-state index in [0.717, 1.165) is 19.5 Å². The van der Waals surface area contributed by atoms with Crippen molar-refractivity contribution in [3.05, 3.63) is 0 Å². The van der Waals surface area contributed by atoms with Gasteiger partial charge < -0.3 is 10.2 Å². The Morgan fingerprint density at radius 1 is 1.36 bits per heavy atom. The van der Waals surface area contributed by atoms with Gasteiger partial charge in [0.25, 0.3) is 0 Å². The summed E-state index contributed by atoms with van der Waals surface area (Å²) in [6.45, 7) is 1.84. The highest BCUT2D eigenvalue weighted by Gasteiger charge is 2.29. The van der Waals surface area contributed by atoms with E-state index >= 15 is 0 Å². The molecule has 0 saturated carbocycles. The van der Waals surface area contributed by atoms with Crippen molar-refractivity contribution >= 4 is 6.03 Å². The lowest BCUT2D eigenvalue weighted by Gasteiger charge is -2.39. The number of nitrogens with one attached hydrogen (secondary N) is 1. The van der Waals surface area contributed by atoms with Gasteiger partial charge in [0.05, 0.1) is 0 Å². The van der Waals surface area contributed by atoms with Crippen molar-refractivity contribution in [2.24, 2.45) is 0 Å². The zero-order valence-corrected chi connectivity index (χ0v) is 6.68. The van der Waals surface area contributed by atoms with Crippen LogP contribution in [0.1, 0.15) is 25.7 Å². The molecule has 0 aromatic heterocycles. The molecule has 11 heavy (non-hydrogen) atoms. The van der Waals surface area contributed by atoms with Crippen LogP contribution < -0.4 is 5.32 Å². The molecule has 0 radical (unpaired) electrons. The lowest BCUT2D eigenvalue weighted by molar-refractivity contribution is 0.130. The molecule has 2 amide bonds. The number of nitrogens with zero attached hydrogens (tertiary/aromatic N) is 1. The molecule has 2 fully saturated rings. The lowest BCUT2D eigenvalue weighted by Crippen LogP contribution is -2.54. The predicted molar refractivity (Wildman–Crippen MR) is 42.4 cm³/mol. The summed E-state index contributed by atoms with van der Waals surface area (Å²) in [6.07, 6.45) is 4.84. The Kier molecular flexibility index (Phi) is 1.72. The van der Waals surface area contributed by atoms with E-state index in [1.165, 1.54) is 19.3 Å². The molecule has 2 aliphatic rings. The summed E-state index contributed by atoms with van der Waals surface area (Å²) >= 11 is 0. The Balaban J connectivity index is 2.05. The van der Waals surface area contributed by atoms with Crippen LogP contribution in [0.25, 0.3) is 0 Å². The van der Waals surface area contributed by atoms with Crippen LogP contribution in [0.5, 0.6) is 0 Å². The molecule has 1 atom stereocenters. The number of hydrogen-bond acceptors (Lipinski definition) is 1. The second kappa shape index (κ2) is 2.72. The van der Waals surface area contributed by atoms with Gasteiger partial charge in [0.1, 0.15) is 0 Å². The van der Waals surface area contributed by atoms with Gasteiger partial charge in [-0.3, -0.25) is 0 Å². The predicted octanol–water partition coefficient (Wildman–Crippen LogP) is 0.954. The largest absolute Gasteiger partial charge is 0.338 e. The number of urea groups is 1. The fraction of sp³-hybridized carbons (Fsp3) is 0.875. The smallest absolute Gasteiger partial charge is 0.317 e. The second-order valence-corrected chi connectivity index (χ2v) is 3.36. The maximum Gasteiger partial charge on any atom is 0.317 e. The monoisotopic (exact) mass is 154 g/mol. The molecule has 2 saturated heterocycles. The van der Waals surface area contributed by atoms with Crippen molar-refractivity contribution in [2.45, 2.75) is 31.7 Å². The van der Waals surface area contributed by atoms with E-state index in [4.69, 9.17) is 0 Å². The highest BCUT2D eigenvalue weighted by atomic mass is 16.2. The molecule has 0 spiro atoms. The van der Waals surface area contributed by atoms with E-state index in [1.807, 2.05) is 4.90 Å². The zero-order chi connectivity index (χ0) is 7.68. The van der Waals surface area contributed by atoms with Crippen LogP contribution in [0.4, 0.5) is 4.79 Å². The molecule has 62 valence electrons. The molecule has 2 aliphatic heterocycles. The number of fused-ring (bicyclic) bond motifs is 1. The summed E-state index contributed by atoms with van der Waals surface area (Å²) in [7, 11) is 0. The topological polar surface area (TPSA) is 32.3 Å². The van der Waals surface area contributed by atoms with Crippen molar-refractivity contribution in [3.63, 3.8) is 0 Å². The molecule has 1 N–H and O–H groups in total. The van der Waals surface area contributed by atoms with Crippen LogP contribution in [-0.2, 0) is 0 Å². The average molecular weight is 154 g/mol. The van der Waals surface area contributed by atoms with Gasteiger partial charge in [-0.25, -0.2) is 4.79 Å². The highest BCUT2D eigenvalue weighted by molar-refractivity contribution is 5.75. The minimum atomic E-state index is 0.154. The van der Waals surface area contributed by atoms with Crippen molar-refractivity contribution < 1.29 is 4.79 Å². The van der Waals surface area contributed by atoms with Gasteiger partial charge in [0.15, 0.2) is 0 Å². The van der Waals surface area contributed by atoms with Gasteiger partial charge in [-0.15, -0.1) is 0 Å². The summed E-state index contributed by atoms with van der Waals surface area (Å²) in [5.41, 5.74) is 0. The van der Waals surface area contributed by atoms with E-state index in [2.05, 4.69) is 5.32 Å². The molecule has 2 heterocycles. The molecule has 0 aromatic rings. The number of amides is 2. The molecule has 0 bridgehead atoms. The zero-order valence-electron chi connectivity index (χ0n) is 6.68. The van der Waals surface area contributed by atoms with Crippen molar-refractivity contribution in [1.29, 1.82) is 0 Å². The maximum absolute atomic E-state index is 11.2. The number of carbonyl (C=O) groups excluding carboxylic acids is 1. The van der Waals surface area contributed by atoms with Crippen LogP contribution in [0.3, 0.4) is 0 Å². The molecule has 3 nitrogen and oxygen atoms in total. The van der Waals surface area contributed by atoms with Gasteiger partial charge in [-0.05, 0) is 25.7 Å². The third-order valence-electron chi connectivity index (χ3n) is 2.64. The number of rotatable bonds is 0. The second-order valence-electron chi connectivity index (χ2n) is 3.36. The van der Waals surface area contributed by atoms with Crippen molar-refractivity contribution in [1.82, 2.24) is 10.2 Å². The Bertz CT molecular complexity index is 167. The minimum absolute atomic E-state index is 0.154. The van der Waals surface area contributed by atoms with E-state index in [9.17, 15) is 4.79 Å². The highest BCUT2D eigenvalue weighted by Crippen LogP contribution is 2.21. The summed E-state index contributed by atoms with van der Waals surface area (Å²) in [4.78, 5) is 13.2. The lowest BCUT2D eigenvalue weighted by atomic mass is 9.98. The SMILES string of the molecule is O=C1NCCC2CCCCN12. The van der Waals surface area contributed by atoms with Crippen molar-refractivity contribution in [3.8, 4) is 0 Å². The quantitative estimate of drug-likeness (QED) is 0.553. The first kappa shape index (κ1) is 6.95. The van der Waals surface area contributed by atoms with Crippen molar-refractivity contribution in [2.75, 3.05) is 13.1 Å². The van der Waals surface area contributed by atoms with Crippen LogP contribution in [0, 0.1) is 0 Å². The first-order valence-electron chi connectivity index (χ1n) is 4.42. The van der Waals surface area contributed by atoms with E-state index in [1.54, 1.807) is 0 Å². The normalized spacial score (nSPS) is 31.1. The van der Waals surface area contributed by atoms with Crippen LogP contribution in [-0.4, -0.2) is 30.1 Å². The molecular formula is C8H14N2O. The standard InChI is InChI=1S/C8H14N2O/c11-8-9-5-4-7-3-1-2-6-10(7)8/h7H,1-6H2,(H,9,11). The fourth-order valence-corrected chi connectivity index (χ4v) is 2.02. The van der Waals surface area contributed by atoms with Gasteiger partial charge in [-0.2, -0.15) is 0 Å². The molecule has 0 aliphatic carbocycles. The Morgan fingerprint density at radius 3 is 3.09 bits per heavy atom. The average Bonchev–Trinajstić information content (AvgIpc) is 2.06. The molecular weight excluding hydrogens is 140 g/mol. The van der Waals surface area contributed by atoms with Gasteiger partial charge in [-0.1, -0.05) is 0 Å². The third-order valence-corrected chi connectivity index (χ3v) is 2.64. The summed E-state index contributed by atoms with van der Waals surface area (Å²) in [5, 5.41) is 2.87. The number of piperidine rings is 1.